The molecule has 1 aromatic heterocycles. The first-order chi connectivity index (χ1) is 18.2. The highest BCUT2D eigenvalue weighted by Crippen LogP contribution is 2.22. The molecule has 4 atom stereocenters. The fourth-order valence-electron chi connectivity index (χ4n) is 4.85. The van der Waals surface area contributed by atoms with E-state index in [0.717, 1.165) is 34.9 Å². The van der Waals surface area contributed by atoms with Crippen LogP contribution < -0.4 is 16.1 Å². The molecule has 5 bridgehead atoms. The first-order valence-electron chi connectivity index (χ1n) is 13.6. The lowest BCUT2D eigenvalue weighted by Crippen LogP contribution is -2.61. The number of nitrogens with one attached hydrogen (secondary N) is 3. The highest BCUT2D eigenvalue weighted by atomic mass is 16.5. The van der Waals surface area contributed by atoms with Gasteiger partial charge in [0.05, 0.1) is 11.7 Å². The van der Waals surface area contributed by atoms with Crippen LogP contribution in [0.4, 0.5) is 0 Å². The molecule has 1 fully saturated rings. The number of hydrogen-bond donors (Lipinski definition) is 3. The van der Waals surface area contributed by atoms with Gasteiger partial charge in [0, 0.05) is 24.7 Å². The van der Waals surface area contributed by atoms with Crippen LogP contribution in [0.15, 0.2) is 36.5 Å². The van der Waals surface area contributed by atoms with Crippen LogP contribution >= 0.6 is 0 Å². The fraction of sp³-hybridized carbons (Fsp3) is 0.517. The van der Waals surface area contributed by atoms with Crippen LogP contribution in [0.25, 0.3) is 16.8 Å². The summed E-state index contributed by atoms with van der Waals surface area (Å²) in [6, 6.07) is 6.64. The molecule has 2 aromatic rings. The standard InChI is InChI=1S/C29H39N5O4/c1-18(2)26-28(36)32-20(4)29(37)34-13-8-10-25(33-34)27(35)31-19(3)21-11-12-22-17-30-24(16-23(22)15-21)9-6-5-7-14-38-26/h6,9,11-12,15-20,25-26,33H,5,7-8,10,13-14H2,1-4H3,(H,31,35)(H,32,36)/b9-6+/t19-,20+,25+,26+/m1/s1. The molecule has 0 saturated carbocycles. The van der Waals surface area contributed by atoms with E-state index >= 15 is 0 Å². The van der Waals surface area contributed by atoms with Gasteiger partial charge in [-0.05, 0) is 74.6 Å². The number of fused-ring (bicyclic) bond motifs is 4. The second kappa shape index (κ2) is 12.5. The van der Waals surface area contributed by atoms with Gasteiger partial charge in [-0.15, -0.1) is 0 Å². The highest BCUT2D eigenvalue weighted by molar-refractivity contribution is 5.90. The summed E-state index contributed by atoms with van der Waals surface area (Å²) in [5, 5.41) is 9.44. The Morgan fingerprint density at radius 2 is 1.79 bits per heavy atom. The molecule has 0 unspecified atom stereocenters. The van der Waals surface area contributed by atoms with Crippen molar-refractivity contribution in [2.75, 3.05) is 13.2 Å². The minimum atomic E-state index is -0.755. The van der Waals surface area contributed by atoms with Gasteiger partial charge in [-0.25, -0.2) is 5.43 Å². The average Bonchev–Trinajstić information content (AvgIpc) is 2.90. The van der Waals surface area contributed by atoms with Crippen molar-refractivity contribution in [3.63, 3.8) is 0 Å². The van der Waals surface area contributed by atoms with Gasteiger partial charge in [-0.2, -0.15) is 0 Å². The summed E-state index contributed by atoms with van der Waals surface area (Å²) < 4.78 is 5.93. The number of rotatable bonds is 1. The fourth-order valence-corrected chi connectivity index (χ4v) is 4.85. The van der Waals surface area contributed by atoms with Crippen molar-refractivity contribution in [3.05, 3.63) is 47.8 Å². The molecule has 1 saturated heterocycles. The van der Waals surface area contributed by atoms with Crippen molar-refractivity contribution < 1.29 is 19.1 Å². The molecule has 0 radical (unpaired) electrons. The monoisotopic (exact) mass is 521 g/mol. The number of allylic oxidation sites excluding steroid dienone is 1. The maximum absolute atomic E-state index is 13.1. The van der Waals surface area contributed by atoms with E-state index in [1.54, 1.807) is 6.92 Å². The van der Waals surface area contributed by atoms with Crippen molar-refractivity contribution in [3.8, 4) is 0 Å². The maximum atomic E-state index is 13.1. The van der Waals surface area contributed by atoms with Gasteiger partial charge in [0.15, 0.2) is 0 Å². The van der Waals surface area contributed by atoms with Crippen LogP contribution in [0.5, 0.6) is 0 Å². The predicted octanol–water partition coefficient (Wildman–Crippen LogP) is 3.26. The number of ether oxygens (including phenoxy) is 1. The summed E-state index contributed by atoms with van der Waals surface area (Å²) in [6.45, 7) is 8.36. The van der Waals surface area contributed by atoms with E-state index in [0.29, 0.717) is 26.0 Å². The zero-order valence-corrected chi connectivity index (χ0v) is 22.7. The second-order valence-electron chi connectivity index (χ2n) is 10.6. The first-order valence-corrected chi connectivity index (χ1v) is 13.6. The zero-order chi connectivity index (χ0) is 27.2. The summed E-state index contributed by atoms with van der Waals surface area (Å²) in [5.41, 5.74) is 4.93. The number of pyridine rings is 1. The Hall–Kier alpha value is -3.30. The third-order valence-electron chi connectivity index (χ3n) is 7.09. The number of hydrogen-bond acceptors (Lipinski definition) is 6. The smallest absolute Gasteiger partial charge is 0.258 e. The van der Waals surface area contributed by atoms with Crippen molar-refractivity contribution in [2.24, 2.45) is 5.92 Å². The average molecular weight is 522 g/mol. The number of nitrogens with zero attached hydrogens (tertiary/aromatic N) is 2. The number of hydrazine groups is 1. The number of aromatic nitrogens is 1. The quantitative estimate of drug-likeness (QED) is 0.531. The molecule has 204 valence electrons. The van der Waals surface area contributed by atoms with Crippen molar-refractivity contribution in [1.82, 2.24) is 26.1 Å². The van der Waals surface area contributed by atoms with Crippen LogP contribution in [0, 0.1) is 5.92 Å². The molecule has 2 aliphatic heterocycles. The zero-order valence-electron chi connectivity index (χ0n) is 22.7. The molecule has 0 spiro atoms. The van der Waals surface area contributed by atoms with Gasteiger partial charge in [-0.3, -0.25) is 24.4 Å². The Kier molecular flexibility index (Phi) is 9.12. The molecule has 0 aliphatic carbocycles. The van der Waals surface area contributed by atoms with Crippen molar-refractivity contribution in [2.45, 2.75) is 77.6 Å². The van der Waals surface area contributed by atoms with E-state index < -0.39 is 18.2 Å². The van der Waals surface area contributed by atoms with Gasteiger partial charge < -0.3 is 15.4 Å². The van der Waals surface area contributed by atoms with E-state index in [1.165, 1.54) is 5.01 Å². The summed E-state index contributed by atoms with van der Waals surface area (Å²) in [5.74, 6) is -0.802. The summed E-state index contributed by atoms with van der Waals surface area (Å²) >= 11 is 0. The Labute approximate surface area is 224 Å². The molecular formula is C29H39N5O4. The largest absolute Gasteiger partial charge is 0.368 e. The molecule has 4 rings (SSSR count). The summed E-state index contributed by atoms with van der Waals surface area (Å²) in [6.07, 6.45) is 8.09. The first kappa shape index (κ1) is 27.7. The normalized spacial score (nSPS) is 27.1. The van der Waals surface area contributed by atoms with E-state index in [-0.39, 0.29) is 29.7 Å². The highest BCUT2D eigenvalue weighted by Gasteiger charge is 2.32. The van der Waals surface area contributed by atoms with Crippen LogP contribution in [-0.4, -0.2) is 59.1 Å². The van der Waals surface area contributed by atoms with E-state index in [2.05, 4.69) is 33.2 Å². The maximum Gasteiger partial charge on any atom is 0.258 e. The molecule has 9 nitrogen and oxygen atoms in total. The van der Waals surface area contributed by atoms with Crippen LogP contribution in [0.1, 0.15) is 70.7 Å². The van der Waals surface area contributed by atoms with Gasteiger partial charge in [0.2, 0.25) is 11.8 Å². The molecule has 1 aromatic carbocycles. The minimum Gasteiger partial charge on any atom is -0.368 e. The Balaban J connectivity index is 1.58. The van der Waals surface area contributed by atoms with Gasteiger partial charge in [0.25, 0.3) is 5.91 Å². The molecule has 38 heavy (non-hydrogen) atoms. The third-order valence-corrected chi connectivity index (χ3v) is 7.09. The minimum absolute atomic E-state index is 0.0479. The summed E-state index contributed by atoms with van der Waals surface area (Å²) in [7, 11) is 0. The third kappa shape index (κ3) is 6.76. The van der Waals surface area contributed by atoms with E-state index in [4.69, 9.17) is 4.74 Å². The van der Waals surface area contributed by atoms with Crippen molar-refractivity contribution in [1.29, 1.82) is 0 Å². The lowest BCUT2D eigenvalue weighted by atomic mass is 10.0. The topological polar surface area (TPSA) is 113 Å². The van der Waals surface area contributed by atoms with E-state index in [1.807, 2.05) is 51.2 Å². The van der Waals surface area contributed by atoms with Crippen molar-refractivity contribution >= 4 is 34.6 Å². The molecule has 3 amide bonds. The van der Waals surface area contributed by atoms with Crippen LogP contribution in [0.2, 0.25) is 0 Å². The molecular weight excluding hydrogens is 482 g/mol. The Morgan fingerprint density at radius 3 is 2.58 bits per heavy atom. The Bertz CT molecular complexity index is 1200. The van der Waals surface area contributed by atoms with Crippen LogP contribution in [-0.2, 0) is 19.1 Å². The Morgan fingerprint density at radius 1 is 1.00 bits per heavy atom. The lowest BCUT2D eigenvalue weighted by Gasteiger charge is -2.35. The molecule has 2 aliphatic rings. The molecule has 3 heterocycles. The van der Waals surface area contributed by atoms with Gasteiger partial charge in [-0.1, -0.05) is 32.1 Å². The van der Waals surface area contributed by atoms with Gasteiger partial charge >= 0.3 is 0 Å². The number of amides is 3. The number of carbonyl (C=O) groups excluding carboxylic acids is 3. The number of carbonyl (C=O) groups is 3. The predicted molar refractivity (Wildman–Crippen MR) is 147 cm³/mol. The van der Waals surface area contributed by atoms with E-state index in [9.17, 15) is 14.4 Å². The van der Waals surface area contributed by atoms with Crippen LogP contribution in [0.3, 0.4) is 0 Å². The second-order valence-corrected chi connectivity index (χ2v) is 10.6. The van der Waals surface area contributed by atoms with Gasteiger partial charge in [0.1, 0.15) is 18.2 Å². The molecule has 3 N–H and O–H groups in total. The summed E-state index contributed by atoms with van der Waals surface area (Å²) in [4.78, 5) is 43.8. The lowest BCUT2D eigenvalue weighted by molar-refractivity contribution is -0.146. The number of benzene rings is 1. The SMILES string of the molecule is CC(C)[C@@H]1OCCC/C=C/c2cc3cc(ccc3cn2)[C@@H](C)NC(=O)[C@@H]2CCCN(N2)C(=O)[C@H](C)NC1=O. The molecule has 9 heteroatoms.